The van der Waals surface area contributed by atoms with Crippen molar-refractivity contribution in [3.05, 3.63) is 144 Å². The number of amides is 1. The maximum atomic E-state index is 14.2. The molecule has 11 heteroatoms. The van der Waals surface area contributed by atoms with E-state index in [1.165, 1.54) is 24.3 Å². The Morgan fingerprint density at radius 1 is 0.596 bits per heavy atom. The topological polar surface area (TPSA) is 146 Å². The molecule has 0 radical (unpaired) electrons. The predicted octanol–water partition coefficient (Wildman–Crippen LogP) is 4.58. The maximum Gasteiger partial charge on any atom is 0.338 e. The fourth-order valence-corrected chi connectivity index (χ4v) is 5.16. The molecule has 2 aliphatic heterocycles. The van der Waals surface area contributed by atoms with Crippen molar-refractivity contribution >= 4 is 41.0 Å². The SMILES string of the molecule is O=C1C=C(C(=O)[C@@H]2O[C@H](COC(=O)c3ccccc3)[C@@H](OC(=O)c3ccccc3)[C@H]2OC(=O)c2ccccc2)Nc2ccccc2N1. The van der Waals surface area contributed by atoms with Gasteiger partial charge in [0, 0.05) is 6.08 Å². The average Bonchev–Trinajstić information content (AvgIpc) is 3.33. The number of hydrogen-bond acceptors (Lipinski definition) is 10. The summed E-state index contributed by atoms with van der Waals surface area (Å²) in [5.74, 6) is -3.63. The number of carbonyl (C=O) groups is 5. The van der Waals surface area contributed by atoms with E-state index < -0.39 is 60.6 Å². The highest BCUT2D eigenvalue weighted by Crippen LogP contribution is 2.33. The van der Waals surface area contributed by atoms with Gasteiger partial charge in [0.2, 0.25) is 5.78 Å². The lowest BCUT2D eigenvalue weighted by atomic mass is 10.0. The Kier molecular flexibility index (Phi) is 9.16. The number of Topliss-reactive ketones (excluding diaryl/α,β-unsaturated/α-hetero) is 1. The van der Waals surface area contributed by atoms with Crippen LogP contribution in [0.15, 0.2) is 127 Å². The highest BCUT2D eigenvalue weighted by Gasteiger charge is 2.54. The first kappa shape index (κ1) is 30.9. The Morgan fingerprint density at radius 2 is 1.06 bits per heavy atom. The summed E-state index contributed by atoms with van der Waals surface area (Å²) in [4.78, 5) is 66.4. The molecule has 2 aliphatic rings. The van der Waals surface area contributed by atoms with Crippen LogP contribution in [0, 0.1) is 0 Å². The van der Waals surface area contributed by atoms with Crippen LogP contribution >= 0.6 is 0 Å². The van der Waals surface area contributed by atoms with Crippen molar-refractivity contribution in [3.63, 3.8) is 0 Å². The first-order valence-corrected chi connectivity index (χ1v) is 14.7. The maximum absolute atomic E-state index is 14.2. The molecule has 0 bridgehead atoms. The predicted molar refractivity (Wildman–Crippen MR) is 168 cm³/mol. The molecule has 6 rings (SSSR count). The molecule has 0 aliphatic carbocycles. The van der Waals surface area contributed by atoms with Crippen molar-refractivity contribution in [2.75, 3.05) is 17.2 Å². The van der Waals surface area contributed by atoms with Crippen LogP contribution in [0.25, 0.3) is 0 Å². The summed E-state index contributed by atoms with van der Waals surface area (Å²) >= 11 is 0. The number of esters is 3. The summed E-state index contributed by atoms with van der Waals surface area (Å²) in [6.07, 6.45) is -4.66. The minimum atomic E-state index is -1.58. The molecule has 4 atom stereocenters. The van der Waals surface area contributed by atoms with E-state index in [4.69, 9.17) is 18.9 Å². The van der Waals surface area contributed by atoms with Crippen LogP contribution in [0.2, 0.25) is 0 Å². The van der Waals surface area contributed by atoms with E-state index >= 15 is 0 Å². The highest BCUT2D eigenvalue weighted by molar-refractivity contribution is 6.13. The summed E-state index contributed by atoms with van der Waals surface area (Å²) in [6.45, 7) is -0.459. The zero-order valence-corrected chi connectivity index (χ0v) is 24.7. The molecule has 47 heavy (non-hydrogen) atoms. The number of ether oxygens (including phenoxy) is 4. The van der Waals surface area contributed by atoms with Gasteiger partial charge in [-0.25, -0.2) is 14.4 Å². The number of nitrogens with one attached hydrogen (secondary N) is 2. The van der Waals surface area contributed by atoms with Gasteiger partial charge in [-0.05, 0) is 48.5 Å². The van der Waals surface area contributed by atoms with Crippen molar-refractivity contribution in [2.24, 2.45) is 0 Å². The molecular weight excluding hydrogens is 604 g/mol. The molecule has 1 amide bonds. The third kappa shape index (κ3) is 7.10. The van der Waals surface area contributed by atoms with Gasteiger partial charge in [-0.2, -0.15) is 0 Å². The Bertz CT molecular complexity index is 1830. The average molecular weight is 633 g/mol. The molecular formula is C36H28N2O9. The molecule has 4 aromatic rings. The van der Waals surface area contributed by atoms with Crippen molar-refractivity contribution in [2.45, 2.75) is 24.4 Å². The second-order valence-corrected chi connectivity index (χ2v) is 10.6. The fourth-order valence-electron chi connectivity index (χ4n) is 5.16. The second-order valence-electron chi connectivity index (χ2n) is 10.6. The zero-order valence-electron chi connectivity index (χ0n) is 24.7. The number of fused-ring (bicyclic) bond motifs is 1. The molecule has 0 unspecified atom stereocenters. The van der Waals surface area contributed by atoms with Crippen LogP contribution < -0.4 is 10.6 Å². The van der Waals surface area contributed by atoms with Crippen molar-refractivity contribution < 1.29 is 42.9 Å². The van der Waals surface area contributed by atoms with Gasteiger partial charge >= 0.3 is 17.9 Å². The Hall–Kier alpha value is -6.07. The van der Waals surface area contributed by atoms with E-state index in [2.05, 4.69) is 10.6 Å². The molecule has 0 spiro atoms. The monoisotopic (exact) mass is 632 g/mol. The van der Waals surface area contributed by atoms with E-state index in [1.54, 1.807) is 91.0 Å². The lowest BCUT2D eigenvalue weighted by Crippen LogP contribution is -2.44. The number of anilines is 2. The zero-order chi connectivity index (χ0) is 32.8. The molecule has 0 saturated carbocycles. The van der Waals surface area contributed by atoms with Crippen LogP contribution in [-0.4, -0.2) is 60.6 Å². The fraction of sp³-hybridized carbons (Fsp3) is 0.139. The molecule has 4 aromatic carbocycles. The minimum absolute atomic E-state index is 0.159. The second kappa shape index (κ2) is 13.9. The first-order valence-electron chi connectivity index (χ1n) is 14.7. The van der Waals surface area contributed by atoms with Crippen LogP contribution in [0.1, 0.15) is 31.1 Å². The molecule has 0 aromatic heterocycles. The van der Waals surface area contributed by atoms with Crippen LogP contribution in [0.3, 0.4) is 0 Å². The number of ketones is 1. The van der Waals surface area contributed by atoms with E-state index in [0.717, 1.165) is 6.08 Å². The van der Waals surface area contributed by atoms with Crippen molar-refractivity contribution in [1.82, 2.24) is 0 Å². The smallest absolute Gasteiger partial charge is 0.338 e. The largest absolute Gasteiger partial charge is 0.459 e. The van der Waals surface area contributed by atoms with Gasteiger partial charge in [0.25, 0.3) is 5.91 Å². The summed E-state index contributed by atoms with van der Waals surface area (Å²) < 4.78 is 23.4. The summed E-state index contributed by atoms with van der Waals surface area (Å²) in [7, 11) is 0. The Morgan fingerprint density at radius 3 is 1.62 bits per heavy atom. The van der Waals surface area contributed by atoms with Gasteiger partial charge in [-0.3, -0.25) is 9.59 Å². The summed E-state index contributed by atoms with van der Waals surface area (Å²) in [5.41, 5.74) is 1.35. The van der Waals surface area contributed by atoms with Crippen molar-refractivity contribution in [1.29, 1.82) is 0 Å². The first-order chi connectivity index (χ1) is 22.9. The van der Waals surface area contributed by atoms with Gasteiger partial charge < -0.3 is 29.6 Å². The number of rotatable bonds is 9. The van der Waals surface area contributed by atoms with E-state index in [-0.39, 0.29) is 22.4 Å². The Labute approximate surface area is 269 Å². The van der Waals surface area contributed by atoms with Crippen LogP contribution in [0.4, 0.5) is 11.4 Å². The summed E-state index contributed by atoms with van der Waals surface area (Å²) in [5, 5.41) is 5.64. The number of carbonyl (C=O) groups excluding carboxylic acids is 5. The number of benzene rings is 4. The highest BCUT2D eigenvalue weighted by atomic mass is 16.7. The van der Waals surface area contributed by atoms with Crippen LogP contribution in [0.5, 0.6) is 0 Å². The minimum Gasteiger partial charge on any atom is -0.459 e. The number of para-hydroxylation sites is 2. The molecule has 11 nitrogen and oxygen atoms in total. The van der Waals surface area contributed by atoms with E-state index in [0.29, 0.717) is 11.4 Å². The van der Waals surface area contributed by atoms with Crippen molar-refractivity contribution in [3.8, 4) is 0 Å². The van der Waals surface area contributed by atoms with Gasteiger partial charge in [-0.1, -0.05) is 66.7 Å². The van der Waals surface area contributed by atoms with Crippen LogP contribution in [-0.2, 0) is 28.5 Å². The molecule has 2 heterocycles. The van der Waals surface area contributed by atoms with E-state index in [1.807, 2.05) is 0 Å². The lowest BCUT2D eigenvalue weighted by molar-refractivity contribution is -0.130. The Balaban J connectivity index is 1.35. The number of hydrogen-bond donors (Lipinski definition) is 2. The molecule has 1 saturated heterocycles. The molecule has 2 N–H and O–H groups in total. The van der Waals surface area contributed by atoms with Gasteiger partial charge in [-0.15, -0.1) is 0 Å². The summed E-state index contributed by atoms with van der Waals surface area (Å²) in [6, 6.07) is 31.1. The molecule has 236 valence electrons. The third-order valence-electron chi connectivity index (χ3n) is 7.46. The molecule has 1 fully saturated rings. The van der Waals surface area contributed by atoms with E-state index in [9.17, 15) is 24.0 Å². The quantitative estimate of drug-likeness (QED) is 0.199. The standard InChI is InChI=1S/C36H28N2O9/c39-29-20-27(37-25-18-10-11-19-26(25)38-29)30(40)32-33(47-36(43)24-16-8-3-9-17-24)31(46-35(42)23-14-6-2-7-15-23)28(45-32)21-44-34(41)22-12-4-1-5-13-22/h1-20,28,31-33,37H,21H2,(H,38,39)/t28-,31-,32+,33-/m1/s1. The van der Waals surface area contributed by atoms with Gasteiger partial charge in [0.15, 0.2) is 18.3 Å². The van der Waals surface area contributed by atoms with Gasteiger partial charge in [0.05, 0.1) is 33.8 Å². The van der Waals surface area contributed by atoms with Gasteiger partial charge in [0.1, 0.15) is 12.7 Å². The normalized spacial score (nSPS) is 19.9. The lowest BCUT2D eigenvalue weighted by Gasteiger charge is -2.24. The third-order valence-corrected chi connectivity index (χ3v) is 7.46.